The Hall–Kier alpha value is -2.01. The number of carboxylic acid groups (broad SMARTS) is 1. The molecule has 0 aliphatic carbocycles. The molecule has 0 saturated carbocycles. The number of benzene rings is 1. The average Bonchev–Trinajstić information content (AvgIpc) is 2.85. The summed E-state index contributed by atoms with van der Waals surface area (Å²) in [6.07, 6.45) is 5.30. The molecule has 0 amide bonds. The lowest BCUT2D eigenvalue weighted by Gasteiger charge is -2.14. The van der Waals surface area contributed by atoms with E-state index in [1.807, 2.05) is 11.2 Å². The van der Waals surface area contributed by atoms with Crippen molar-refractivity contribution in [1.29, 1.82) is 0 Å². The van der Waals surface area contributed by atoms with Crippen LogP contribution in [0.1, 0.15) is 36.5 Å². The molecule has 3 N–H and O–H groups in total. The third-order valence-electron chi connectivity index (χ3n) is 2.81. The largest absolute Gasteiger partial charge is 0.478 e. The van der Waals surface area contributed by atoms with E-state index in [9.17, 15) is 4.79 Å². The molecule has 1 aliphatic heterocycles. The molecule has 0 bridgehead atoms. The minimum atomic E-state index is -0.909. The zero-order chi connectivity index (χ0) is 13.0. The molecule has 0 spiro atoms. The van der Waals surface area contributed by atoms with Gasteiger partial charge in [0.1, 0.15) is 0 Å². The number of allylic oxidation sites excluding steroid dienone is 1. The monoisotopic (exact) mass is 247 g/mol. The van der Waals surface area contributed by atoms with Crippen molar-refractivity contribution in [2.45, 2.75) is 26.2 Å². The third kappa shape index (κ3) is 2.81. The van der Waals surface area contributed by atoms with Crippen LogP contribution >= 0.6 is 0 Å². The number of rotatable bonds is 5. The number of hydrazine groups is 2. The van der Waals surface area contributed by atoms with Gasteiger partial charge < -0.3 is 10.5 Å². The van der Waals surface area contributed by atoms with E-state index in [0.29, 0.717) is 5.56 Å². The number of anilines is 1. The lowest BCUT2D eigenvalue weighted by molar-refractivity contribution is 0.0697. The van der Waals surface area contributed by atoms with Crippen molar-refractivity contribution in [2.24, 2.45) is 0 Å². The van der Waals surface area contributed by atoms with Crippen molar-refractivity contribution < 1.29 is 9.90 Å². The lowest BCUT2D eigenvalue weighted by Crippen LogP contribution is -2.36. The quantitative estimate of drug-likeness (QED) is 0.744. The Balaban J connectivity index is 2.04. The molecular formula is C13H17N3O2. The Morgan fingerprint density at radius 2 is 2.06 bits per heavy atom. The smallest absolute Gasteiger partial charge is 0.335 e. The molecule has 1 aliphatic rings. The topological polar surface area (TPSA) is 64.6 Å². The summed E-state index contributed by atoms with van der Waals surface area (Å²) in [6.45, 7) is 2.16. The van der Waals surface area contributed by atoms with E-state index in [2.05, 4.69) is 17.9 Å². The second kappa shape index (κ2) is 5.55. The van der Waals surface area contributed by atoms with Gasteiger partial charge in [-0.15, -0.1) is 5.53 Å². The van der Waals surface area contributed by atoms with Crippen LogP contribution in [0.2, 0.25) is 0 Å². The highest BCUT2D eigenvalue weighted by Gasteiger charge is 2.12. The molecule has 0 atom stereocenters. The van der Waals surface area contributed by atoms with Gasteiger partial charge in [-0.1, -0.05) is 13.3 Å². The molecule has 0 unspecified atom stereocenters. The maximum Gasteiger partial charge on any atom is 0.335 e. The number of carboxylic acids is 1. The van der Waals surface area contributed by atoms with E-state index in [0.717, 1.165) is 30.6 Å². The summed E-state index contributed by atoms with van der Waals surface area (Å²) in [5.41, 5.74) is 8.45. The first-order chi connectivity index (χ1) is 8.70. The maximum atomic E-state index is 10.8. The molecule has 0 saturated heterocycles. The highest BCUT2D eigenvalue weighted by Crippen LogP contribution is 2.18. The zero-order valence-corrected chi connectivity index (χ0v) is 10.3. The van der Waals surface area contributed by atoms with Crippen LogP contribution in [0.5, 0.6) is 0 Å². The zero-order valence-electron chi connectivity index (χ0n) is 10.3. The predicted molar refractivity (Wildman–Crippen MR) is 69.8 cm³/mol. The normalized spacial score (nSPS) is 14.3. The predicted octanol–water partition coefficient (Wildman–Crippen LogP) is 2.25. The number of aromatic carboxylic acids is 1. The van der Waals surface area contributed by atoms with Gasteiger partial charge in [-0.3, -0.25) is 5.01 Å². The summed E-state index contributed by atoms with van der Waals surface area (Å²) in [4.78, 5) is 10.8. The number of nitrogens with zero attached hydrogens (tertiary/aromatic N) is 1. The van der Waals surface area contributed by atoms with E-state index < -0.39 is 5.97 Å². The van der Waals surface area contributed by atoms with Gasteiger partial charge in [-0.25, -0.2) is 4.79 Å². The van der Waals surface area contributed by atoms with Crippen LogP contribution in [0, 0.1) is 0 Å². The summed E-state index contributed by atoms with van der Waals surface area (Å²) < 4.78 is 0. The van der Waals surface area contributed by atoms with Gasteiger partial charge in [-0.05, 0) is 37.1 Å². The van der Waals surface area contributed by atoms with Crippen LogP contribution < -0.4 is 16.0 Å². The second-order valence-corrected chi connectivity index (χ2v) is 4.22. The first-order valence-corrected chi connectivity index (χ1v) is 6.05. The molecule has 2 rings (SSSR count). The van der Waals surface area contributed by atoms with Gasteiger partial charge >= 0.3 is 5.97 Å². The molecule has 0 radical (unpaired) electrons. The number of nitrogens with one attached hydrogen (secondary N) is 2. The molecule has 5 nitrogen and oxygen atoms in total. The molecule has 1 aromatic carbocycles. The van der Waals surface area contributed by atoms with Gasteiger partial charge in [-0.2, -0.15) is 0 Å². The summed E-state index contributed by atoms with van der Waals surface area (Å²) in [5, 5.41) is 10.7. The molecule has 0 fully saturated rings. The Morgan fingerprint density at radius 1 is 1.33 bits per heavy atom. The Bertz CT molecular complexity index is 454. The van der Waals surface area contributed by atoms with Crippen LogP contribution in [-0.4, -0.2) is 11.1 Å². The Morgan fingerprint density at radius 3 is 2.67 bits per heavy atom. The van der Waals surface area contributed by atoms with E-state index in [-0.39, 0.29) is 0 Å². The molecule has 5 heteroatoms. The SMILES string of the molecule is CCCCC1=CN(c2ccc(C(=O)O)cc2)NN1. The molecule has 96 valence electrons. The first kappa shape index (κ1) is 12.4. The number of carbonyl (C=O) groups is 1. The van der Waals surface area contributed by atoms with Gasteiger partial charge in [0, 0.05) is 11.9 Å². The van der Waals surface area contributed by atoms with Crippen LogP contribution in [0.15, 0.2) is 36.2 Å². The standard InChI is InChI=1S/C13H17N3O2/c1-2-3-4-11-9-16(15-14-11)12-7-5-10(6-8-12)13(17)18/h5-9,14-15H,2-4H2,1H3,(H,17,18). The second-order valence-electron chi connectivity index (χ2n) is 4.22. The van der Waals surface area contributed by atoms with Crippen LogP contribution in [0.3, 0.4) is 0 Å². The number of hydrogen-bond acceptors (Lipinski definition) is 4. The minimum absolute atomic E-state index is 0.293. The average molecular weight is 247 g/mol. The number of unbranched alkanes of at least 4 members (excludes halogenated alkanes) is 1. The van der Waals surface area contributed by atoms with Crippen molar-refractivity contribution in [3.8, 4) is 0 Å². The summed E-state index contributed by atoms with van der Waals surface area (Å²) >= 11 is 0. The van der Waals surface area contributed by atoms with E-state index >= 15 is 0 Å². The third-order valence-corrected chi connectivity index (χ3v) is 2.81. The van der Waals surface area contributed by atoms with Crippen molar-refractivity contribution >= 4 is 11.7 Å². The van der Waals surface area contributed by atoms with Gasteiger partial charge in [0.2, 0.25) is 0 Å². The van der Waals surface area contributed by atoms with Crippen molar-refractivity contribution in [3.63, 3.8) is 0 Å². The van der Waals surface area contributed by atoms with Crippen LogP contribution in [0.25, 0.3) is 0 Å². The summed E-state index contributed by atoms with van der Waals surface area (Å²) in [7, 11) is 0. The van der Waals surface area contributed by atoms with E-state index in [4.69, 9.17) is 5.11 Å². The molecule has 1 aromatic rings. The molecular weight excluding hydrogens is 230 g/mol. The fourth-order valence-corrected chi connectivity index (χ4v) is 1.75. The summed E-state index contributed by atoms with van der Waals surface area (Å²) in [5.74, 6) is -0.909. The molecule has 18 heavy (non-hydrogen) atoms. The fourth-order valence-electron chi connectivity index (χ4n) is 1.75. The van der Waals surface area contributed by atoms with Crippen LogP contribution in [0.4, 0.5) is 5.69 Å². The maximum absolute atomic E-state index is 10.8. The first-order valence-electron chi connectivity index (χ1n) is 6.05. The van der Waals surface area contributed by atoms with Crippen molar-refractivity contribution in [1.82, 2.24) is 11.0 Å². The lowest BCUT2D eigenvalue weighted by atomic mass is 10.2. The summed E-state index contributed by atoms with van der Waals surface area (Å²) in [6, 6.07) is 6.74. The van der Waals surface area contributed by atoms with Gasteiger partial charge in [0.15, 0.2) is 0 Å². The van der Waals surface area contributed by atoms with Crippen molar-refractivity contribution in [2.75, 3.05) is 5.01 Å². The minimum Gasteiger partial charge on any atom is -0.478 e. The number of hydrogen-bond donors (Lipinski definition) is 3. The molecule has 1 heterocycles. The van der Waals surface area contributed by atoms with Crippen molar-refractivity contribution in [3.05, 3.63) is 41.7 Å². The van der Waals surface area contributed by atoms with E-state index in [1.54, 1.807) is 24.3 Å². The highest BCUT2D eigenvalue weighted by molar-refractivity contribution is 5.88. The van der Waals surface area contributed by atoms with Gasteiger partial charge in [0.05, 0.1) is 11.3 Å². The molecule has 0 aromatic heterocycles. The Kier molecular flexibility index (Phi) is 3.84. The fraction of sp³-hybridized carbons (Fsp3) is 0.308. The Labute approximate surface area is 106 Å². The highest BCUT2D eigenvalue weighted by atomic mass is 16.4. The van der Waals surface area contributed by atoms with Gasteiger partial charge in [0.25, 0.3) is 0 Å². The van der Waals surface area contributed by atoms with E-state index in [1.165, 1.54) is 0 Å². The van der Waals surface area contributed by atoms with Crippen LogP contribution in [-0.2, 0) is 0 Å².